The number of rotatable bonds is 4. The molecule has 0 bridgehead atoms. The average Bonchev–Trinajstić information content (AvgIpc) is 2.88. The molecular formula is C11H13IN4O2. The number of hydrogen-bond acceptors (Lipinski definition) is 4. The van der Waals surface area contributed by atoms with E-state index >= 15 is 0 Å². The maximum atomic E-state index is 11.8. The SMILES string of the molecule is CCOC(=O)c1cnn(C)c1Cn1cc(I)cn1. The minimum absolute atomic E-state index is 0.345. The summed E-state index contributed by atoms with van der Waals surface area (Å²) in [6.07, 6.45) is 5.20. The van der Waals surface area contributed by atoms with Crippen LogP contribution >= 0.6 is 22.6 Å². The summed E-state index contributed by atoms with van der Waals surface area (Å²) < 4.78 is 9.48. The molecule has 0 N–H and O–H groups in total. The van der Waals surface area contributed by atoms with Crippen LogP contribution in [0.1, 0.15) is 23.0 Å². The Morgan fingerprint density at radius 3 is 2.83 bits per heavy atom. The maximum Gasteiger partial charge on any atom is 0.341 e. The number of carbonyl (C=O) groups excluding carboxylic acids is 1. The number of esters is 1. The van der Waals surface area contributed by atoms with E-state index in [2.05, 4.69) is 32.8 Å². The van der Waals surface area contributed by atoms with Crippen LogP contribution in [-0.4, -0.2) is 32.1 Å². The third kappa shape index (κ3) is 2.71. The van der Waals surface area contributed by atoms with E-state index in [-0.39, 0.29) is 5.97 Å². The monoisotopic (exact) mass is 360 g/mol. The second-order valence-corrected chi connectivity index (χ2v) is 4.95. The Balaban J connectivity index is 2.26. The fourth-order valence-electron chi connectivity index (χ4n) is 1.61. The molecule has 0 radical (unpaired) electrons. The summed E-state index contributed by atoms with van der Waals surface area (Å²) in [7, 11) is 1.80. The molecule has 96 valence electrons. The highest BCUT2D eigenvalue weighted by molar-refractivity contribution is 14.1. The summed E-state index contributed by atoms with van der Waals surface area (Å²) in [5.41, 5.74) is 1.28. The van der Waals surface area contributed by atoms with Crippen LogP contribution in [0.15, 0.2) is 18.6 Å². The molecule has 6 nitrogen and oxygen atoms in total. The van der Waals surface area contributed by atoms with Gasteiger partial charge in [-0.2, -0.15) is 10.2 Å². The summed E-state index contributed by atoms with van der Waals surface area (Å²) in [5.74, 6) is -0.345. The van der Waals surface area contributed by atoms with Gasteiger partial charge in [-0.3, -0.25) is 9.36 Å². The van der Waals surface area contributed by atoms with Gasteiger partial charge in [0.2, 0.25) is 0 Å². The summed E-state index contributed by atoms with van der Waals surface area (Å²) in [4.78, 5) is 11.8. The largest absolute Gasteiger partial charge is 0.462 e. The molecule has 0 fully saturated rings. The van der Waals surface area contributed by atoms with Gasteiger partial charge in [0.1, 0.15) is 5.56 Å². The van der Waals surface area contributed by atoms with Crippen LogP contribution in [0.3, 0.4) is 0 Å². The molecule has 7 heteroatoms. The fraction of sp³-hybridized carbons (Fsp3) is 0.364. The van der Waals surface area contributed by atoms with Crippen molar-refractivity contribution < 1.29 is 9.53 Å². The lowest BCUT2D eigenvalue weighted by molar-refractivity contribution is 0.0524. The summed E-state index contributed by atoms with van der Waals surface area (Å²) in [6.45, 7) is 2.63. The minimum Gasteiger partial charge on any atom is -0.462 e. The van der Waals surface area contributed by atoms with Gasteiger partial charge in [0.15, 0.2) is 0 Å². The predicted octanol–water partition coefficient (Wildman–Crippen LogP) is 1.45. The van der Waals surface area contributed by atoms with Crippen molar-refractivity contribution in [2.75, 3.05) is 6.61 Å². The minimum atomic E-state index is -0.345. The zero-order chi connectivity index (χ0) is 13.1. The third-order valence-electron chi connectivity index (χ3n) is 2.47. The summed E-state index contributed by atoms with van der Waals surface area (Å²) in [6, 6.07) is 0. The zero-order valence-electron chi connectivity index (χ0n) is 10.1. The van der Waals surface area contributed by atoms with Crippen LogP contribution in [-0.2, 0) is 18.3 Å². The van der Waals surface area contributed by atoms with Gasteiger partial charge in [-0.05, 0) is 29.5 Å². The number of aryl methyl sites for hydroxylation is 1. The van der Waals surface area contributed by atoms with E-state index in [9.17, 15) is 4.79 Å². The standard InChI is InChI=1S/C11H13IN4O2/c1-3-18-11(17)9-5-13-15(2)10(9)7-16-6-8(12)4-14-16/h4-6H,3,7H2,1-2H3. The number of nitrogens with zero attached hydrogens (tertiary/aromatic N) is 4. The van der Waals surface area contributed by atoms with Crippen molar-refractivity contribution in [2.24, 2.45) is 7.05 Å². The lowest BCUT2D eigenvalue weighted by Gasteiger charge is -2.06. The van der Waals surface area contributed by atoms with Crippen LogP contribution in [0.2, 0.25) is 0 Å². The van der Waals surface area contributed by atoms with Gasteiger partial charge in [-0.25, -0.2) is 4.79 Å². The van der Waals surface area contributed by atoms with Crippen LogP contribution in [0, 0.1) is 3.57 Å². The molecule has 0 aliphatic rings. The first-order valence-corrected chi connectivity index (χ1v) is 6.55. The Labute approximate surface area is 118 Å². The van der Waals surface area contributed by atoms with Crippen LogP contribution in [0.4, 0.5) is 0 Å². The molecular weight excluding hydrogens is 347 g/mol. The van der Waals surface area contributed by atoms with Crippen LogP contribution < -0.4 is 0 Å². The van der Waals surface area contributed by atoms with Gasteiger partial charge < -0.3 is 4.74 Å². The molecule has 2 aromatic rings. The van der Waals surface area contributed by atoms with E-state index in [0.717, 1.165) is 9.26 Å². The fourth-order valence-corrected chi connectivity index (χ4v) is 2.05. The number of aromatic nitrogens is 4. The molecule has 0 amide bonds. The van der Waals surface area contributed by atoms with Crippen molar-refractivity contribution >= 4 is 28.6 Å². The van der Waals surface area contributed by atoms with Gasteiger partial charge in [-0.15, -0.1) is 0 Å². The molecule has 0 atom stereocenters. The Bertz CT molecular complexity index is 561. The van der Waals surface area contributed by atoms with Crippen molar-refractivity contribution in [3.63, 3.8) is 0 Å². The highest BCUT2D eigenvalue weighted by Gasteiger charge is 2.17. The van der Waals surface area contributed by atoms with Gasteiger partial charge in [0, 0.05) is 13.2 Å². The van der Waals surface area contributed by atoms with Crippen molar-refractivity contribution in [3.05, 3.63) is 33.4 Å². The number of ether oxygens (including phenoxy) is 1. The molecule has 2 aromatic heterocycles. The van der Waals surface area contributed by atoms with Crippen molar-refractivity contribution in [1.82, 2.24) is 19.6 Å². The molecule has 18 heavy (non-hydrogen) atoms. The molecule has 0 unspecified atom stereocenters. The van der Waals surface area contributed by atoms with E-state index in [1.807, 2.05) is 6.20 Å². The summed E-state index contributed by atoms with van der Waals surface area (Å²) >= 11 is 2.19. The summed E-state index contributed by atoms with van der Waals surface area (Å²) in [5, 5.41) is 8.29. The molecule has 0 saturated carbocycles. The van der Waals surface area contributed by atoms with E-state index in [0.29, 0.717) is 18.7 Å². The quantitative estimate of drug-likeness (QED) is 0.612. The predicted molar refractivity (Wildman–Crippen MR) is 73.2 cm³/mol. The average molecular weight is 360 g/mol. The van der Waals surface area contributed by atoms with Gasteiger partial charge in [0.25, 0.3) is 0 Å². The first-order chi connectivity index (χ1) is 8.61. The molecule has 0 aliphatic heterocycles. The van der Waals surface area contributed by atoms with Crippen molar-refractivity contribution in [3.8, 4) is 0 Å². The third-order valence-corrected chi connectivity index (χ3v) is 3.03. The lowest BCUT2D eigenvalue weighted by atomic mass is 10.2. The molecule has 2 rings (SSSR count). The molecule has 0 spiro atoms. The number of carbonyl (C=O) groups is 1. The van der Waals surface area contributed by atoms with Gasteiger partial charge in [0.05, 0.1) is 34.8 Å². The van der Waals surface area contributed by atoms with Gasteiger partial charge >= 0.3 is 5.97 Å². The van der Waals surface area contributed by atoms with Crippen LogP contribution in [0.25, 0.3) is 0 Å². The second kappa shape index (κ2) is 5.51. The molecule has 2 heterocycles. The first kappa shape index (κ1) is 13.1. The first-order valence-electron chi connectivity index (χ1n) is 5.47. The highest BCUT2D eigenvalue weighted by Crippen LogP contribution is 2.12. The van der Waals surface area contributed by atoms with E-state index in [4.69, 9.17) is 4.74 Å². The Kier molecular flexibility index (Phi) is 4.00. The lowest BCUT2D eigenvalue weighted by Crippen LogP contribution is -2.12. The molecule has 0 aromatic carbocycles. The Morgan fingerprint density at radius 2 is 2.22 bits per heavy atom. The highest BCUT2D eigenvalue weighted by atomic mass is 127. The van der Waals surface area contributed by atoms with E-state index < -0.39 is 0 Å². The Hall–Kier alpha value is -1.38. The second-order valence-electron chi connectivity index (χ2n) is 3.71. The van der Waals surface area contributed by atoms with Crippen molar-refractivity contribution in [2.45, 2.75) is 13.5 Å². The Morgan fingerprint density at radius 1 is 1.44 bits per heavy atom. The van der Waals surface area contributed by atoms with E-state index in [1.165, 1.54) is 6.20 Å². The van der Waals surface area contributed by atoms with Crippen LogP contribution in [0.5, 0.6) is 0 Å². The molecule has 0 aliphatic carbocycles. The zero-order valence-corrected chi connectivity index (χ0v) is 12.3. The number of halogens is 1. The maximum absolute atomic E-state index is 11.8. The van der Waals surface area contributed by atoms with E-state index in [1.54, 1.807) is 29.5 Å². The van der Waals surface area contributed by atoms with Gasteiger partial charge in [-0.1, -0.05) is 0 Å². The normalized spacial score (nSPS) is 10.6. The number of hydrogen-bond donors (Lipinski definition) is 0. The molecule has 0 saturated heterocycles. The smallest absolute Gasteiger partial charge is 0.341 e. The van der Waals surface area contributed by atoms with Crippen molar-refractivity contribution in [1.29, 1.82) is 0 Å². The topological polar surface area (TPSA) is 61.9 Å².